The lowest BCUT2D eigenvalue weighted by atomic mass is 9.95. The van der Waals surface area contributed by atoms with Gasteiger partial charge in [0.15, 0.2) is 0 Å². The van der Waals surface area contributed by atoms with Crippen LogP contribution in [0.3, 0.4) is 0 Å². The second kappa shape index (κ2) is 10.6. The van der Waals surface area contributed by atoms with Gasteiger partial charge in [0.05, 0.1) is 6.42 Å². The van der Waals surface area contributed by atoms with E-state index in [0.717, 1.165) is 42.4 Å². The van der Waals surface area contributed by atoms with E-state index in [-0.39, 0.29) is 24.3 Å². The van der Waals surface area contributed by atoms with Gasteiger partial charge in [-0.05, 0) is 55.5 Å². The van der Waals surface area contributed by atoms with Crippen LogP contribution in [0.5, 0.6) is 0 Å². The van der Waals surface area contributed by atoms with Gasteiger partial charge < -0.3 is 10.2 Å². The molecule has 0 aromatic heterocycles. The van der Waals surface area contributed by atoms with Gasteiger partial charge in [0.25, 0.3) is 0 Å². The van der Waals surface area contributed by atoms with E-state index in [1.807, 2.05) is 62.4 Å². The Kier molecular flexibility index (Phi) is 7.92. The smallest absolute Gasteiger partial charge is 0.242 e. The quantitative estimate of drug-likeness (QED) is 0.672. The summed E-state index contributed by atoms with van der Waals surface area (Å²) >= 11 is 6.01. The summed E-state index contributed by atoms with van der Waals surface area (Å²) in [5.41, 5.74) is 3.02. The van der Waals surface area contributed by atoms with Crippen molar-refractivity contribution in [3.8, 4) is 0 Å². The molecule has 2 aromatic rings. The molecule has 3 rings (SSSR count). The number of nitrogens with zero attached hydrogens (tertiary/aromatic N) is 1. The molecule has 0 heterocycles. The van der Waals surface area contributed by atoms with Gasteiger partial charge in [-0.1, -0.05) is 67.3 Å². The summed E-state index contributed by atoms with van der Waals surface area (Å²) in [6, 6.07) is 15.0. The lowest BCUT2D eigenvalue weighted by Crippen LogP contribution is -2.50. The number of aryl methyl sites for hydroxylation is 1. The van der Waals surface area contributed by atoms with Crippen molar-refractivity contribution >= 4 is 23.4 Å². The average molecular weight is 427 g/mol. The Morgan fingerprint density at radius 2 is 1.73 bits per heavy atom. The molecule has 0 bridgehead atoms. The predicted octanol–water partition coefficient (Wildman–Crippen LogP) is 5.06. The van der Waals surface area contributed by atoms with Crippen molar-refractivity contribution in [1.29, 1.82) is 0 Å². The molecule has 1 unspecified atom stereocenters. The normalized spacial score (nSPS) is 15.4. The largest absolute Gasteiger partial charge is 0.352 e. The third-order valence-corrected chi connectivity index (χ3v) is 6.24. The monoisotopic (exact) mass is 426 g/mol. The molecular formula is C25H31ClN2O2. The number of carbonyl (C=O) groups excluding carboxylic acids is 2. The van der Waals surface area contributed by atoms with Crippen LogP contribution < -0.4 is 5.32 Å². The van der Waals surface area contributed by atoms with Gasteiger partial charge in [0.1, 0.15) is 6.04 Å². The van der Waals surface area contributed by atoms with Crippen LogP contribution in [0.25, 0.3) is 0 Å². The number of nitrogens with one attached hydrogen (secondary N) is 1. The van der Waals surface area contributed by atoms with Gasteiger partial charge in [0.2, 0.25) is 11.8 Å². The summed E-state index contributed by atoms with van der Waals surface area (Å²) in [5.74, 6) is -0.125. The summed E-state index contributed by atoms with van der Waals surface area (Å²) in [4.78, 5) is 28.0. The minimum atomic E-state index is -0.542. The number of carbonyl (C=O) groups is 2. The SMILES string of the molecule is Cc1ccccc1CC(=O)N(Cc1ccc(Cl)cc1)C(C)C(=O)NC1CCCCC1. The Labute approximate surface area is 184 Å². The van der Waals surface area contributed by atoms with Crippen LogP contribution in [0.15, 0.2) is 48.5 Å². The van der Waals surface area contributed by atoms with E-state index in [4.69, 9.17) is 11.6 Å². The molecule has 0 spiro atoms. The molecule has 5 heteroatoms. The van der Waals surface area contributed by atoms with Crippen molar-refractivity contribution in [3.63, 3.8) is 0 Å². The van der Waals surface area contributed by atoms with Crippen LogP contribution in [0.2, 0.25) is 5.02 Å². The molecule has 1 saturated carbocycles. The molecule has 1 aliphatic carbocycles. The second-order valence-corrected chi connectivity index (χ2v) is 8.71. The van der Waals surface area contributed by atoms with Crippen molar-refractivity contribution in [2.75, 3.05) is 0 Å². The van der Waals surface area contributed by atoms with E-state index >= 15 is 0 Å². The number of benzene rings is 2. The number of amides is 2. The summed E-state index contributed by atoms with van der Waals surface area (Å²) in [5, 5.41) is 3.82. The molecule has 0 radical (unpaired) electrons. The maximum absolute atomic E-state index is 13.3. The molecule has 160 valence electrons. The Balaban J connectivity index is 1.76. The van der Waals surface area contributed by atoms with Crippen molar-refractivity contribution in [2.24, 2.45) is 0 Å². The molecule has 1 N–H and O–H groups in total. The lowest BCUT2D eigenvalue weighted by molar-refractivity contribution is -0.140. The summed E-state index contributed by atoms with van der Waals surface area (Å²) in [6.45, 7) is 4.20. The first kappa shape index (κ1) is 22.4. The fraction of sp³-hybridized carbons (Fsp3) is 0.440. The highest BCUT2D eigenvalue weighted by Gasteiger charge is 2.28. The van der Waals surface area contributed by atoms with Crippen molar-refractivity contribution < 1.29 is 9.59 Å². The third kappa shape index (κ3) is 6.09. The minimum Gasteiger partial charge on any atom is -0.352 e. The fourth-order valence-corrected chi connectivity index (χ4v) is 4.14. The van der Waals surface area contributed by atoms with E-state index in [9.17, 15) is 9.59 Å². The summed E-state index contributed by atoms with van der Waals surface area (Å²) in [6.07, 6.45) is 5.86. The Hall–Kier alpha value is -2.33. The Morgan fingerprint density at radius 1 is 1.07 bits per heavy atom. The molecule has 1 fully saturated rings. The zero-order valence-corrected chi connectivity index (χ0v) is 18.6. The van der Waals surface area contributed by atoms with E-state index in [1.165, 1.54) is 6.42 Å². The van der Waals surface area contributed by atoms with Gasteiger partial charge >= 0.3 is 0 Å². The Morgan fingerprint density at radius 3 is 2.40 bits per heavy atom. The zero-order valence-electron chi connectivity index (χ0n) is 17.9. The highest BCUT2D eigenvalue weighted by molar-refractivity contribution is 6.30. The van der Waals surface area contributed by atoms with Crippen LogP contribution in [-0.4, -0.2) is 28.8 Å². The highest BCUT2D eigenvalue weighted by atomic mass is 35.5. The fourth-order valence-electron chi connectivity index (χ4n) is 4.01. The molecule has 1 atom stereocenters. The van der Waals surface area contributed by atoms with E-state index in [2.05, 4.69) is 5.32 Å². The highest BCUT2D eigenvalue weighted by Crippen LogP contribution is 2.19. The van der Waals surface area contributed by atoms with Crippen molar-refractivity contribution in [1.82, 2.24) is 10.2 Å². The van der Waals surface area contributed by atoms with Gasteiger partial charge in [-0.25, -0.2) is 0 Å². The van der Waals surface area contributed by atoms with Gasteiger partial charge in [0, 0.05) is 17.6 Å². The van der Waals surface area contributed by atoms with E-state index in [1.54, 1.807) is 4.90 Å². The zero-order chi connectivity index (χ0) is 21.5. The topological polar surface area (TPSA) is 49.4 Å². The maximum atomic E-state index is 13.3. The number of hydrogen-bond donors (Lipinski definition) is 1. The molecule has 0 aliphatic heterocycles. The first-order valence-corrected chi connectivity index (χ1v) is 11.2. The minimum absolute atomic E-state index is 0.0504. The molecule has 2 amide bonds. The predicted molar refractivity (Wildman–Crippen MR) is 121 cm³/mol. The lowest BCUT2D eigenvalue weighted by Gasteiger charge is -2.31. The average Bonchev–Trinajstić information content (AvgIpc) is 2.75. The number of hydrogen-bond acceptors (Lipinski definition) is 2. The maximum Gasteiger partial charge on any atom is 0.242 e. The van der Waals surface area contributed by atoms with Crippen LogP contribution >= 0.6 is 11.6 Å². The first-order valence-electron chi connectivity index (χ1n) is 10.8. The van der Waals surface area contributed by atoms with Crippen LogP contribution in [0, 0.1) is 6.92 Å². The number of rotatable bonds is 7. The van der Waals surface area contributed by atoms with Gasteiger partial charge in [-0.15, -0.1) is 0 Å². The number of halogens is 1. The van der Waals surface area contributed by atoms with Crippen LogP contribution in [0.1, 0.15) is 55.7 Å². The third-order valence-electron chi connectivity index (χ3n) is 5.99. The van der Waals surface area contributed by atoms with E-state index in [0.29, 0.717) is 11.6 Å². The molecule has 0 saturated heterocycles. The first-order chi connectivity index (χ1) is 14.4. The van der Waals surface area contributed by atoms with Gasteiger partial charge in [-0.2, -0.15) is 0 Å². The molecule has 2 aromatic carbocycles. The van der Waals surface area contributed by atoms with Crippen LogP contribution in [-0.2, 0) is 22.6 Å². The van der Waals surface area contributed by atoms with Crippen molar-refractivity contribution in [2.45, 2.75) is 71.0 Å². The second-order valence-electron chi connectivity index (χ2n) is 8.27. The van der Waals surface area contributed by atoms with Crippen LogP contribution in [0.4, 0.5) is 0 Å². The molecule has 1 aliphatic rings. The summed E-state index contributed by atoms with van der Waals surface area (Å²) in [7, 11) is 0. The molecule has 4 nitrogen and oxygen atoms in total. The Bertz CT molecular complexity index is 860. The molecular weight excluding hydrogens is 396 g/mol. The van der Waals surface area contributed by atoms with E-state index < -0.39 is 6.04 Å². The van der Waals surface area contributed by atoms with Gasteiger partial charge in [-0.3, -0.25) is 9.59 Å². The summed E-state index contributed by atoms with van der Waals surface area (Å²) < 4.78 is 0. The molecule has 30 heavy (non-hydrogen) atoms. The van der Waals surface area contributed by atoms with Crippen molar-refractivity contribution in [3.05, 3.63) is 70.2 Å². The standard InChI is InChI=1S/C25H31ClN2O2/c1-18-8-6-7-9-21(18)16-24(29)28(17-20-12-14-22(26)15-13-20)19(2)25(30)27-23-10-4-3-5-11-23/h6-9,12-15,19,23H,3-5,10-11,16-17H2,1-2H3,(H,27,30).